The molecule has 0 bridgehead atoms. The van der Waals surface area contributed by atoms with Crippen LogP contribution in [0.2, 0.25) is 5.02 Å². The van der Waals surface area contributed by atoms with E-state index in [2.05, 4.69) is 27.4 Å². The van der Waals surface area contributed by atoms with Gasteiger partial charge in [0.25, 0.3) is 0 Å². The van der Waals surface area contributed by atoms with Crippen molar-refractivity contribution in [2.75, 3.05) is 5.32 Å². The summed E-state index contributed by atoms with van der Waals surface area (Å²) in [6, 6.07) is 19.8. The van der Waals surface area contributed by atoms with E-state index in [0.717, 1.165) is 28.2 Å². The van der Waals surface area contributed by atoms with Gasteiger partial charge in [0.15, 0.2) is 5.82 Å². The molecule has 24 heavy (non-hydrogen) atoms. The Morgan fingerprint density at radius 1 is 0.958 bits per heavy atom. The van der Waals surface area contributed by atoms with Crippen LogP contribution in [0.4, 0.5) is 5.82 Å². The number of hydrogen-bond donors (Lipinski definition) is 2. The summed E-state index contributed by atoms with van der Waals surface area (Å²) in [5.41, 5.74) is 3.81. The van der Waals surface area contributed by atoms with E-state index in [9.17, 15) is 0 Å². The van der Waals surface area contributed by atoms with Crippen molar-refractivity contribution in [1.29, 1.82) is 0 Å². The van der Waals surface area contributed by atoms with E-state index in [1.165, 1.54) is 5.56 Å². The molecule has 0 unspecified atom stereocenters. The molecule has 0 saturated carbocycles. The Morgan fingerprint density at radius 3 is 2.58 bits per heavy atom. The van der Waals surface area contributed by atoms with Gasteiger partial charge in [0.2, 0.25) is 0 Å². The van der Waals surface area contributed by atoms with Crippen molar-refractivity contribution in [2.24, 2.45) is 0 Å². The van der Waals surface area contributed by atoms with E-state index in [-0.39, 0.29) is 0 Å². The van der Waals surface area contributed by atoms with Gasteiger partial charge in [0.1, 0.15) is 11.3 Å². The lowest BCUT2D eigenvalue weighted by atomic mass is 10.2. The van der Waals surface area contributed by atoms with Crippen molar-refractivity contribution in [3.63, 3.8) is 0 Å². The van der Waals surface area contributed by atoms with Crippen LogP contribution in [0.5, 0.6) is 0 Å². The summed E-state index contributed by atoms with van der Waals surface area (Å²) in [4.78, 5) is 12.4. The van der Waals surface area contributed by atoms with E-state index in [4.69, 9.17) is 16.6 Å². The minimum atomic E-state index is 0.670. The number of rotatable bonds is 4. The predicted octanol–water partition coefficient (Wildman–Crippen LogP) is 4.89. The highest BCUT2D eigenvalue weighted by Crippen LogP contribution is 2.29. The third kappa shape index (κ3) is 2.84. The number of H-pyrrole nitrogens is 1. The van der Waals surface area contributed by atoms with Crippen LogP contribution in [0.25, 0.3) is 22.4 Å². The maximum absolute atomic E-state index is 6.28. The first-order chi connectivity index (χ1) is 11.8. The monoisotopic (exact) mass is 334 g/mol. The van der Waals surface area contributed by atoms with Gasteiger partial charge < -0.3 is 10.3 Å². The Labute approximate surface area is 144 Å². The molecule has 0 aliphatic carbocycles. The highest BCUT2D eigenvalue weighted by Gasteiger charge is 2.11. The van der Waals surface area contributed by atoms with Gasteiger partial charge in [-0.25, -0.2) is 9.97 Å². The zero-order valence-corrected chi connectivity index (χ0v) is 13.6. The molecule has 5 heteroatoms. The quantitative estimate of drug-likeness (QED) is 0.558. The van der Waals surface area contributed by atoms with Crippen molar-refractivity contribution in [2.45, 2.75) is 6.54 Å². The highest BCUT2D eigenvalue weighted by atomic mass is 35.5. The first kappa shape index (κ1) is 14.7. The van der Waals surface area contributed by atoms with Gasteiger partial charge in [0.05, 0.1) is 10.5 Å². The number of aromatic amines is 1. The van der Waals surface area contributed by atoms with Crippen LogP contribution in [-0.2, 0) is 6.54 Å². The van der Waals surface area contributed by atoms with Crippen molar-refractivity contribution in [3.8, 4) is 11.4 Å². The molecule has 0 amide bonds. The van der Waals surface area contributed by atoms with Gasteiger partial charge in [-0.1, -0.05) is 54.1 Å². The molecule has 0 fully saturated rings. The summed E-state index contributed by atoms with van der Waals surface area (Å²) in [6.07, 6.45) is 1.77. The Morgan fingerprint density at radius 2 is 1.75 bits per heavy atom. The molecule has 4 aromatic rings. The van der Waals surface area contributed by atoms with E-state index in [1.807, 2.05) is 48.5 Å². The maximum Gasteiger partial charge on any atom is 0.154 e. The van der Waals surface area contributed by atoms with E-state index in [0.29, 0.717) is 11.6 Å². The summed E-state index contributed by atoms with van der Waals surface area (Å²) in [7, 11) is 0. The summed E-state index contributed by atoms with van der Waals surface area (Å²) in [5, 5.41) is 4.03. The lowest BCUT2D eigenvalue weighted by Crippen LogP contribution is -2.01. The Balaban J connectivity index is 1.69. The predicted molar refractivity (Wildman–Crippen MR) is 98.1 cm³/mol. The zero-order valence-electron chi connectivity index (χ0n) is 12.8. The number of hydrogen-bond acceptors (Lipinski definition) is 3. The summed E-state index contributed by atoms with van der Waals surface area (Å²) >= 11 is 6.28. The van der Waals surface area contributed by atoms with E-state index in [1.54, 1.807) is 6.20 Å². The van der Waals surface area contributed by atoms with Crippen LogP contribution in [0.15, 0.2) is 66.9 Å². The lowest BCUT2D eigenvalue weighted by molar-refractivity contribution is 1.12. The van der Waals surface area contributed by atoms with Gasteiger partial charge in [0, 0.05) is 18.3 Å². The second-order valence-corrected chi connectivity index (χ2v) is 5.87. The van der Waals surface area contributed by atoms with Gasteiger partial charge in [-0.15, -0.1) is 0 Å². The molecule has 0 saturated heterocycles. The minimum Gasteiger partial charge on any atom is -0.364 e. The van der Waals surface area contributed by atoms with Crippen molar-refractivity contribution in [3.05, 3.63) is 77.4 Å². The standard InChI is InChI=1S/C19H15ClN4/c20-15-9-5-4-8-14(15)18-23-16-10-11-21-19(17(16)24-18)22-12-13-6-2-1-3-7-13/h1-11H,12H2,(H,21,22)(H,23,24). The van der Waals surface area contributed by atoms with Crippen LogP contribution in [0.1, 0.15) is 5.56 Å². The minimum absolute atomic E-state index is 0.670. The molecule has 4 nitrogen and oxygen atoms in total. The Hall–Kier alpha value is -2.85. The second kappa shape index (κ2) is 6.34. The first-order valence-electron chi connectivity index (χ1n) is 7.69. The molecule has 0 spiro atoms. The van der Waals surface area contributed by atoms with Crippen LogP contribution in [0.3, 0.4) is 0 Å². The van der Waals surface area contributed by atoms with Crippen molar-refractivity contribution >= 4 is 28.5 Å². The number of anilines is 1. The number of nitrogens with one attached hydrogen (secondary N) is 2. The lowest BCUT2D eigenvalue weighted by Gasteiger charge is -2.05. The maximum atomic E-state index is 6.28. The average molecular weight is 335 g/mol. The highest BCUT2D eigenvalue weighted by molar-refractivity contribution is 6.33. The fourth-order valence-electron chi connectivity index (χ4n) is 2.63. The normalized spacial score (nSPS) is 10.9. The van der Waals surface area contributed by atoms with Crippen molar-refractivity contribution in [1.82, 2.24) is 15.0 Å². The number of nitrogens with zero attached hydrogens (tertiary/aromatic N) is 2. The zero-order chi connectivity index (χ0) is 16.4. The largest absolute Gasteiger partial charge is 0.364 e. The Bertz CT molecular complexity index is 979. The number of fused-ring (bicyclic) bond motifs is 1. The molecule has 118 valence electrons. The molecule has 2 N–H and O–H groups in total. The number of pyridine rings is 1. The number of halogens is 1. The molecule has 0 aliphatic heterocycles. The SMILES string of the molecule is Clc1ccccc1-c1nc2c(NCc3ccccc3)nccc2[nH]1. The van der Waals surface area contributed by atoms with E-state index >= 15 is 0 Å². The summed E-state index contributed by atoms with van der Waals surface area (Å²) < 4.78 is 0. The van der Waals surface area contributed by atoms with Crippen LogP contribution >= 0.6 is 11.6 Å². The third-order valence-electron chi connectivity index (χ3n) is 3.83. The smallest absolute Gasteiger partial charge is 0.154 e. The number of aromatic nitrogens is 3. The second-order valence-electron chi connectivity index (χ2n) is 5.46. The fourth-order valence-corrected chi connectivity index (χ4v) is 2.85. The first-order valence-corrected chi connectivity index (χ1v) is 8.06. The average Bonchev–Trinajstić information content (AvgIpc) is 3.06. The summed E-state index contributed by atoms with van der Waals surface area (Å²) in [5.74, 6) is 1.50. The topological polar surface area (TPSA) is 53.6 Å². The number of benzene rings is 2. The molecule has 2 aromatic heterocycles. The third-order valence-corrected chi connectivity index (χ3v) is 4.16. The van der Waals surface area contributed by atoms with Crippen LogP contribution in [0, 0.1) is 0 Å². The molecular weight excluding hydrogens is 320 g/mol. The molecule has 0 atom stereocenters. The van der Waals surface area contributed by atoms with Crippen molar-refractivity contribution < 1.29 is 0 Å². The van der Waals surface area contributed by atoms with Gasteiger partial charge in [-0.3, -0.25) is 0 Å². The fraction of sp³-hybridized carbons (Fsp3) is 0.0526. The Kier molecular flexibility index (Phi) is 3.89. The molecule has 0 radical (unpaired) electrons. The molecular formula is C19H15ClN4. The van der Waals surface area contributed by atoms with Gasteiger partial charge in [-0.2, -0.15) is 0 Å². The number of imidazole rings is 1. The molecule has 4 rings (SSSR count). The molecule has 2 aromatic carbocycles. The van der Waals surface area contributed by atoms with Gasteiger partial charge in [-0.05, 0) is 23.8 Å². The van der Waals surface area contributed by atoms with Gasteiger partial charge >= 0.3 is 0 Å². The summed E-state index contributed by atoms with van der Waals surface area (Å²) in [6.45, 7) is 0.696. The van der Waals surface area contributed by atoms with E-state index < -0.39 is 0 Å². The van der Waals surface area contributed by atoms with Crippen LogP contribution < -0.4 is 5.32 Å². The molecule has 0 aliphatic rings. The van der Waals surface area contributed by atoms with Crippen LogP contribution in [-0.4, -0.2) is 15.0 Å². The molecule has 2 heterocycles.